The Kier molecular flexibility index (Phi) is 14.4. The predicted octanol–water partition coefficient (Wildman–Crippen LogP) is 0.943. The molecule has 0 rings (SSSR count). The largest absolute Gasteiger partial charge is 0.463 e. The van der Waals surface area contributed by atoms with E-state index < -0.39 is 0 Å². The molecular formula is C14H26O7. The molecule has 0 amide bonds. The summed E-state index contributed by atoms with van der Waals surface area (Å²) >= 11 is 0. The minimum Gasteiger partial charge on any atom is -0.463 e. The lowest BCUT2D eigenvalue weighted by molar-refractivity contribution is -0.147. The van der Waals surface area contributed by atoms with Gasteiger partial charge in [-0.25, -0.2) is 0 Å². The topological polar surface area (TPSA) is 80.3 Å². The Hall–Kier alpha value is -1.18. The molecule has 0 saturated carbocycles. The minimum absolute atomic E-state index is 0.202. The van der Waals surface area contributed by atoms with Gasteiger partial charge in [0.2, 0.25) is 0 Å². The molecule has 0 aromatic heterocycles. The van der Waals surface area contributed by atoms with Crippen molar-refractivity contribution in [3.63, 3.8) is 0 Å². The lowest BCUT2D eigenvalue weighted by Crippen LogP contribution is -2.15. The first-order valence-electron chi connectivity index (χ1n) is 7.07. The molecule has 0 aliphatic rings. The van der Waals surface area contributed by atoms with Crippen LogP contribution in [0.25, 0.3) is 0 Å². The van der Waals surface area contributed by atoms with Crippen molar-refractivity contribution in [2.45, 2.75) is 25.7 Å². The van der Waals surface area contributed by atoms with E-state index in [4.69, 9.17) is 23.7 Å². The molecule has 0 bridgehead atoms. The summed E-state index contributed by atoms with van der Waals surface area (Å²) in [6.07, 6.45) is 1.98. The van der Waals surface area contributed by atoms with Gasteiger partial charge in [-0.3, -0.25) is 9.59 Å². The Morgan fingerprint density at radius 2 is 1.10 bits per heavy atom. The number of esters is 2. The van der Waals surface area contributed by atoms with E-state index in [2.05, 4.69) is 0 Å². The Morgan fingerprint density at radius 3 is 1.48 bits per heavy atom. The highest BCUT2D eigenvalue weighted by atomic mass is 16.6. The zero-order valence-corrected chi connectivity index (χ0v) is 12.9. The van der Waals surface area contributed by atoms with Gasteiger partial charge in [-0.1, -0.05) is 0 Å². The smallest absolute Gasteiger partial charge is 0.305 e. The van der Waals surface area contributed by atoms with E-state index in [9.17, 15) is 9.59 Å². The summed E-state index contributed by atoms with van der Waals surface area (Å²) < 4.78 is 24.7. The van der Waals surface area contributed by atoms with E-state index in [1.54, 1.807) is 14.2 Å². The normalized spacial score (nSPS) is 10.4. The number of ether oxygens (including phenoxy) is 5. The van der Waals surface area contributed by atoms with Crippen molar-refractivity contribution in [2.75, 3.05) is 53.9 Å². The summed E-state index contributed by atoms with van der Waals surface area (Å²) in [5.41, 5.74) is 0. The van der Waals surface area contributed by atoms with Crippen molar-refractivity contribution in [2.24, 2.45) is 0 Å². The summed E-state index contributed by atoms with van der Waals surface area (Å²) in [4.78, 5) is 22.4. The van der Waals surface area contributed by atoms with Crippen molar-refractivity contribution in [1.82, 2.24) is 0 Å². The van der Waals surface area contributed by atoms with Crippen LogP contribution in [0.15, 0.2) is 0 Å². The fourth-order valence-electron chi connectivity index (χ4n) is 1.40. The van der Waals surface area contributed by atoms with Gasteiger partial charge >= 0.3 is 11.9 Å². The molecule has 0 N–H and O–H groups in total. The zero-order chi connectivity index (χ0) is 15.8. The molecule has 124 valence electrons. The third kappa shape index (κ3) is 15.0. The number of carbonyl (C=O) groups is 2. The van der Waals surface area contributed by atoms with Crippen molar-refractivity contribution in [3.8, 4) is 0 Å². The first kappa shape index (κ1) is 19.8. The quantitative estimate of drug-likeness (QED) is 0.349. The summed E-state index contributed by atoms with van der Waals surface area (Å²) in [7, 11) is 3.17. The molecular weight excluding hydrogens is 280 g/mol. The number of hydrogen-bond donors (Lipinski definition) is 0. The molecule has 0 aromatic carbocycles. The van der Waals surface area contributed by atoms with Crippen molar-refractivity contribution in [3.05, 3.63) is 0 Å². The first-order valence-corrected chi connectivity index (χ1v) is 7.07. The Morgan fingerprint density at radius 1 is 0.667 bits per heavy atom. The monoisotopic (exact) mass is 306 g/mol. The van der Waals surface area contributed by atoms with Gasteiger partial charge in [0.05, 0.1) is 13.2 Å². The minimum atomic E-state index is -0.264. The van der Waals surface area contributed by atoms with Gasteiger partial charge in [0.1, 0.15) is 13.2 Å². The van der Waals surface area contributed by atoms with Crippen LogP contribution in [-0.2, 0) is 33.3 Å². The number of carbonyl (C=O) groups excluding carboxylic acids is 2. The Balaban J connectivity index is 3.24. The molecule has 0 aromatic rings. The SMILES string of the molecule is COCCCC(=O)OCCOCCOC(=O)CCCOC. The summed E-state index contributed by atoms with van der Waals surface area (Å²) in [6.45, 7) is 2.07. The van der Waals surface area contributed by atoms with E-state index in [1.807, 2.05) is 0 Å². The molecule has 0 unspecified atom stereocenters. The van der Waals surface area contributed by atoms with E-state index in [0.29, 0.717) is 38.9 Å². The molecule has 0 aliphatic heterocycles. The van der Waals surface area contributed by atoms with E-state index in [-0.39, 0.29) is 38.4 Å². The van der Waals surface area contributed by atoms with E-state index in [0.717, 1.165) is 0 Å². The van der Waals surface area contributed by atoms with Crippen LogP contribution in [0.3, 0.4) is 0 Å². The van der Waals surface area contributed by atoms with Crippen LogP contribution >= 0.6 is 0 Å². The molecule has 7 nitrogen and oxygen atoms in total. The third-order valence-electron chi connectivity index (χ3n) is 2.44. The molecule has 0 saturated heterocycles. The maximum absolute atomic E-state index is 11.2. The average molecular weight is 306 g/mol. The van der Waals surface area contributed by atoms with Crippen molar-refractivity contribution in [1.29, 1.82) is 0 Å². The van der Waals surface area contributed by atoms with Gasteiger partial charge < -0.3 is 23.7 Å². The molecule has 7 heteroatoms. The van der Waals surface area contributed by atoms with Crippen LogP contribution in [0.2, 0.25) is 0 Å². The first-order chi connectivity index (χ1) is 10.2. The van der Waals surface area contributed by atoms with Gasteiger partial charge in [-0.05, 0) is 12.8 Å². The maximum Gasteiger partial charge on any atom is 0.305 e. The van der Waals surface area contributed by atoms with Gasteiger partial charge in [0, 0.05) is 40.3 Å². The van der Waals surface area contributed by atoms with Gasteiger partial charge in [-0.2, -0.15) is 0 Å². The van der Waals surface area contributed by atoms with Gasteiger partial charge in [0.25, 0.3) is 0 Å². The van der Waals surface area contributed by atoms with Crippen LogP contribution in [0.1, 0.15) is 25.7 Å². The molecule has 0 spiro atoms. The predicted molar refractivity (Wildman–Crippen MR) is 75.0 cm³/mol. The number of methoxy groups -OCH3 is 2. The highest BCUT2D eigenvalue weighted by molar-refractivity contribution is 5.69. The summed E-state index contributed by atoms with van der Waals surface area (Å²) in [6, 6.07) is 0. The second-order valence-electron chi connectivity index (χ2n) is 4.25. The second kappa shape index (κ2) is 15.2. The summed E-state index contributed by atoms with van der Waals surface area (Å²) in [5, 5.41) is 0. The van der Waals surface area contributed by atoms with Gasteiger partial charge in [0.15, 0.2) is 0 Å². The fourth-order valence-corrected chi connectivity index (χ4v) is 1.40. The Labute approximate surface area is 125 Å². The molecule has 0 heterocycles. The van der Waals surface area contributed by atoms with Crippen LogP contribution in [0.5, 0.6) is 0 Å². The average Bonchev–Trinajstić information content (AvgIpc) is 2.47. The highest BCUT2D eigenvalue weighted by Gasteiger charge is 2.03. The van der Waals surface area contributed by atoms with Crippen LogP contribution in [0.4, 0.5) is 0 Å². The second-order valence-corrected chi connectivity index (χ2v) is 4.25. The molecule has 0 radical (unpaired) electrons. The summed E-state index contributed by atoms with van der Waals surface area (Å²) in [5.74, 6) is -0.527. The van der Waals surface area contributed by atoms with Crippen molar-refractivity contribution >= 4 is 11.9 Å². The number of rotatable bonds is 14. The molecule has 0 fully saturated rings. The molecule has 21 heavy (non-hydrogen) atoms. The highest BCUT2D eigenvalue weighted by Crippen LogP contribution is 1.94. The van der Waals surface area contributed by atoms with E-state index >= 15 is 0 Å². The van der Waals surface area contributed by atoms with Crippen LogP contribution in [-0.4, -0.2) is 65.8 Å². The van der Waals surface area contributed by atoms with Crippen molar-refractivity contribution < 1.29 is 33.3 Å². The standard InChI is InChI=1S/C14H26O7/c1-17-7-3-5-13(15)20-11-9-19-10-12-21-14(16)6-4-8-18-2/h3-12H2,1-2H3. The third-order valence-corrected chi connectivity index (χ3v) is 2.44. The molecule has 0 aliphatic carbocycles. The fraction of sp³-hybridized carbons (Fsp3) is 0.857. The molecule has 0 atom stereocenters. The Bertz CT molecular complexity index is 242. The zero-order valence-electron chi connectivity index (χ0n) is 12.9. The maximum atomic E-state index is 11.2. The van der Waals surface area contributed by atoms with Crippen LogP contribution in [0, 0.1) is 0 Å². The number of hydrogen-bond acceptors (Lipinski definition) is 7. The lowest BCUT2D eigenvalue weighted by Gasteiger charge is -2.07. The van der Waals surface area contributed by atoms with Crippen LogP contribution < -0.4 is 0 Å². The lowest BCUT2D eigenvalue weighted by atomic mass is 10.3. The van der Waals surface area contributed by atoms with E-state index in [1.165, 1.54) is 0 Å². The van der Waals surface area contributed by atoms with Gasteiger partial charge in [-0.15, -0.1) is 0 Å².